The number of hydrogen-bond donors (Lipinski definition) is 1. The smallest absolute Gasteiger partial charge is 0.270 e. The molecule has 22 heavy (non-hydrogen) atoms. The van der Waals surface area contributed by atoms with E-state index in [9.17, 15) is 4.79 Å². The van der Waals surface area contributed by atoms with Gasteiger partial charge in [-0.1, -0.05) is 18.2 Å². The number of amides is 1. The average molecular weight is 312 g/mol. The zero-order valence-corrected chi connectivity index (χ0v) is 13.0. The highest BCUT2D eigenvalue weighted by Gasteiger charge is 2.26. The Morgan fingerprint density at radius 3 is 3.09 bits per heavy atom. The Labute approximate surface area is 132 Å². The number of thiophene rings is 1. The molecule has 1 amide bonds. The van der Waals surface area contributed by atoms with E-state index in [-0.39, 0.29) is 12.0 Å². The van der Waals surface area contributed by atoms with Crippen molar-refractivity contribution < 1.29 is 9.53 Å². The second kappa shape index (κ2) is 5.18. The molecule has 0 bridgehead atoms. The Balaban J connectivity index is 1.45. The predicted octanol–water partition coefficient (Wildman–Crippen LogP) is 3.31. The van der Waals surface area contributed by atoms with E-state index in [1.807, 2.05) is 42.8 Å². The molecule has 1 N–H and O–H groups in total. The van der Waals surface area contributed by atoms with E-state index in [1.165, 1.54) is 5.56 Å². The summed E-state index contributed by atoms with van der Waals surface area (Å²) in [4.78, 5) is 17.4. The van der Waals surface area contributed by atoms with Gasteiger partial charge in [0, 0.05) is 13.5 Å². The number of carbonyl (C=O) groups excluding carboxylic acids is 1. The van der Waals surface area contributed by atoms with Crippen molar-refractivity contribution in [2.24, 2.45) is 0 Å². The van der Waals surface area contributed by atoms with Crippen molar-refractivity contribution >= 4 is 27.5 Å². The standard InChI is InChI=1S/C17H16N2O2S/c1-19(10-12-8-11-4-2-3-5-15(11)21-12)17(20)14-9-16-13(18-14)6-7-22-16/h2-7,9,12,18H,8,10H2,1H3. The molecule has 1 aliphatic rings. The Bertz CT molecular complexity index is 782. The molecule has 4 rings (SSSR count). The lowest BCUT2D eigenvalue weighted by Gasteiger charge is -2.20. The fraction of sp³-hybridized carbons (Fsp3) is 0.235. The van der Waals surface area contributed by atoms with Gasteiger partial charge in [0.1, 0.15) is 17.5 Å². The topological polar surface area (TPSA) is 45.3 Å². The number of ether oxygens (including phenoxy) is 1. The van der Waals surface area contributed by atoms with Crippen molar-refractivity contribution in [3.8, 4) is 5.75 Å². The molecular weight excluding hydrogens is 296 g/mol. The zero-order chi connectivity index (χ0) is 15.1. The molecule has 2 aromatic heterocycles. The maximum Gasteiger partial charge on any atom is 0.270 e. The molecule has 0 aliphatic carbocycles. The van der Waals surface area contributed by atoms with E-state index >= 15 is 0 Å². The molecule has 112 valence electrons. The number of nitrogens with one attached hydrogen (secondary N) is 1. The van der Waals surface area contributed by atoms with Gasteiger partial charge in [-0.25, -0.2) is 0 Å². The maximum absolute atomic E-state index is 12.5. The van der Waals surface area contributed by atoms with Gasteiger partial charge in [0.05, 0.1) is 16.8 Å². The predicted molar refractivity (Wildman–Crippen MR) is 87.7 cm³/mol. The van der Waals surface area contributed by atoms with E-state index in [0.29, 0.717) is 12.2 Å². The number of aromatic nitrogens is 1. The maximum atomic E-state index is 12.5. The summed E-state index contributed by atoms with van der Waals surface area (Å²) in [5.41, 5.74) is 2.87. The van der Waals surface area contributed by atoms with Crippen LogP contribution in [0.2, 0.25) is 0 Å². The molecule has 3 heterocycles. The summed E-state index contributed by atoms with van der Waals surface area (Å²) in [6, 6.07) is 12.0. The van der Waals surface area contributed by atoms with Gasteiger partial charge in [-0.15, -0.1) is 11.3 Å². The molecule has 0 fully saturated rings. The van der Waals surface area contributed by atoms with Crippen molar-refractivity contribution in [2.45, 2.75) is 12.5 Å². The SMILES string of the molecule is CN(CC1Cc2ccccc2O1)C(=O)c1cc2sccc2[nH]1. The third-order valence-electron chi connectivity index (χ3n) is 4.01. The fourth-order valence-corrected chi connectivity index (χ4v) is 3.70. The van der Waals surface area contributed by atoms with Crippen LogP contribution < -0.4 is 4.74 Å². The number of nitrogens with zero attached hydrogens (tertiary/aromatic N) is 1. The van der Waals surface area contributed by atoms with Gasteiger partial charge < -0.3 is 14.6 Å². The molecule has 1 atom stereocenters. The molecule has 3 aromatic rings. The molecule has 5 heteroatoms. The first-order valence-electron chi connectivity index (χ1n) is 7.27. The number of benzene rings is 1. The van der Waals surface area contributed by atoms with E-state index in [1.54, 1.807) is 16.2 Å². The highest BCUT2D eigenvalue weighted by Crippen LogP contribution is 2.28. The van der Waals surface area contributed by atoms with Crippen molar-refractivity contribution in [2.75, 3.05) is 13.6 Å². The Kier molecular flexibility index (Phi) is 3.15. The summed E-state index contributed by atoms with van der Waals surface area (Å²) < 4.78 is 7.02. The highest BCUT2D eigenvalue weighted by atomic mass is 32.1. The Morgan fingerprint density at radius 1 is 1.41 bits per heavy atom. The van der Waals surface area contributed by atoms with E-state index < -0.39 is 0 Å². The van der Waals surface area contributed by atoms with Crippen LogP contribution in [0, 0.1) is 0 Å². The molecule has 0 saturated carbocycles. The first-order valence-corrected chi connectivity index (χ1v) is 8.15. The first-order chi connectivity index (χ1) is 10.7. The number of carbonyl (C=O) groups is 1. The second-order valence-electron chi connectivity index (χ2n) is 5.62. The van der Waals surface area contributed by atoms with Gasteiger partial charge in [-0.05, 0) is 29.1 Å². The molecular formula is C17H16N2O2S. The van der Waals surface area contributed by atoms with Gasteiger partial charge >= 0.3 is 0 Å². The lowest BCUT2D eigenvalue weighted by molar-refractivity contribution is 0.0726. The highest BCUT2D eigenvalue weighted by molar-refractivity contribution is 7.17. The van der Waals surface area contributed by atoms with Gasteiger partial charge in [0.15, 0.2) is 0 Å². The summed E-state index contributed by atoms with van der Waals surface area (Å²) in [6.45, 7) is 0.584. The summed E-state index contributed by atoms with van der Waals surface area (Å²) in [6.07, 6.45) is 0.885. The minimum absolute atomic E-state index is 0.00274. The zero-order valence-electron chi connectivity index (χ0n) is 12.2. The average Bonchev–Trinajstić information content (AvgIpc) is 3.19. The quantitative estimate of drug-likeness (QED) is 0.806. The number of likely N-dealkylation sites (N-methyl/N-ethyl adjacent to an activating group) is 1. The van der Waals surface area contributed by atoms with Gasteiger partial charge in [-0.3, -0.25) is 4.79 Å². The van der Waals surface area contributed by atoms with Crippen LogP contribution >= 0.6 is 11.3 Å². The van der Waals surface area contributed by atoms with Crippen LogP contribution in [-0.2, 0) is 6.42 Å². The monoisotopic (exact) mass is 312 g/mol. The minimum atomic E-state index is 0.00274. The van der Waals surface area contributed by atoms with Crippen LogP contribution in [0.3, 0.4) is 0 Å². The van der Waals surface area contributed by atoms with Crippen molar-refractivity contribution in [1.82, 2.24) is 9.88 Å². The molecule has 1 aliphatic heterocycles. The van der Waals surface area contributed by atoms with Crippen molar-refractivity contribution in [3.05, 3.63) is 53.0 Å². The van der Waals surface area contributed by atoms with Crippen LogP contribution in [0.1, 0.15) is 16.1 Å². The molecule has 1 unspecified atom stereocenters. The number of para-hydroxylation sites is 1. The van der Waals surface area contributed by atoms with Crippen molar-refractivity contribution in [3.63, 3.8) is 0 Å². The largest absolute Gasteiger partial charge is 0.488 e. The minimum Gasteiger partial charge on any atom is -0.488 e. The van der Waals surface area contributed by atoms with Crippen LogP contribution in [0.4, 0.5) is 0 Å². The summed E-state index contributed by atoms with van der Waals surface area (Å²) in [5, 5.41) is 2.02. The molecule has 0 saturated heterocycles. The summed E-state index contributed by atoms with van der Waals surface area (Å²) in [5.74, 6) is 0.941. The van der Waals surface area contributed by atoms with Crippen LogP contribution in [0.25, 0.3) is 10.2 Å². The second-order valence-corrected chi connectivity index (χ2v) is 6.57. The normalized spacial score (nSPS) is 16.5. The first kappa shape index (κ1) is 13.4. The lowest BCUT2D eigenvalue weighted by Crippen LogP contribution is -2.36. The molecule has 0 spiro atoms. The van der Waals surface area contributed by atoms with Crippen molar-refractivity contribution in [1.29, 1.82) is 0 Å². The third-order valence-corrected chi connectivity index (χ3v) is 4.87. The van der Waals surface area contributed by atoms with E-state index in [2.05, 4.69) is 11.1 Å². The Hall–Kier alpha value is -2.27. The van der Waals surface area contributed by atoms with E-state index in [0.717, 1.165) is 22.4 Å². The number of fused-ring (bicyclic) bond motifs is 2. The number of aromatic amines is 1. The molecule has 0 radical (unpaired) electrons. The van der Waals surface area contributed by atoms with Crippen LogP contribution in [0.15, 0.2) is 41.8 Å². The molecule has 1 aromatic carbocycles. The lowest BCUT2D eigenvalue weighted by atomic mass is 10.1. The third kappa shape index (κ3) is 2.27. The summed E-state index contributed by atoms with van der Waals surface area (Å²) >= 11 is 1.64. The van der Waals surface area contributed by atoms with Crippen LogP contribution in [0.5, 0.6) is 5.75 Å². The fourth-order valence-electron chi connectivity index (χ4n) is 2.91. The Morgan fingerprint density at radius 2 is 2.27 bits per heavy atom. The van der Waals surface area contributed by atoms with Gasteiger partial charge in [-0.2, -0.15) is 0 Å². The number of rotatable bonds is 3. The van der Waals surface area contributed by atoms with Gasteiger partial charge in [0.2, 0.25) is 0 Å². The number of H-pyrrole nitrogens is 1. The van der Waals surface area contributed by atoms with Crippen LogP contribution in [-0.4, -0.2) is 35.5 Å². The van der Waals surface area contributed by atoms with E-state index in [4.69, 9.17) is 4.74 Å². The summed E-state index contributed by atoms with van der Waals surface area (Å²) in [7, 11) is 1.82. The molecule has 4 nitrogen and oxygen atoms in total. The number of hydrogen-bond acceptors (Lipinski definition) is 3. The van der Waals surface area contributed by atoms with Gasteiger partial charge in [0.25, 0.3) is 5.91 Å².